The van der Waals surface area contributed by atoms with Crippen LogP contribution in [-0.2, 0) is 0 Å². The zero-order valence-corrected chi connectivity index (χ0v) is 5.78. The molecule has 0 bridgehead atoms. The largest absolute Gasteiger partial charge is 0.508 e. The molecule has 0 amide bonds. The Bertz CT molecular complexity index is 231. The van der Waals surface area contributed by atoms with Crippen molar-refractivity contribution in [2.24, 2.45) is 0 Å². The molecule has 5 heteroatoms. The molecule has 0 atom stereocenters. The highest BCUT2D eigenvalue weighted by Crippen LogP contribution is 2.01. The maximum Gasteiger partial charge on any atom is 0.508 e. The lowest BCUT2D eigenvalue weighted by atomic mass is 9.86. The quantitative estimate of drug-likeness (QED) is 0.536. The lowest BCUT2D eigenvalue weighted by Crippen LogP contribution is -2.32. The van der Waals surface area contributed by atoms with E-state index in [4.69, 9.17) is 21.6 Å². The smallest absolute Gasteiger partial charge is 0.422 e. The molecule has 1 heterocycles. The summed E-state index contributed by atoms with van der Waals surface area (Å²) in [5, 5.41) is 17.6. The van der Waals surface area contributed by atoms with Crippen LogP contribution in [0.1, 0.15) is 0 Å². The van der Waals surface area contributed by atoms with Gasteiger partial charge in [0.1, 0.15) is 0 Å². The van der Waals surface area contributed by atoms with Crippen LogP contribution in [0.2, 0.25) is 5.02 Å². The van der Waals surface area contributed by atoms with Gasteiger partial charge in [-0.05, 0) is 12.1 Å². The van der Waals surface area contributed by atoms with Gasteiger partial charge in [0.25, 0.3) is 0 Å². The van der Waals surface area contributed by atoms with E-state index in [0.717, 1.165) is 0 Å². The summed E-state index contributed by atoms with van der Waals surface area (Å²) in [5.74, 6) is 0. The second kappa shape index (κ2) is 3.01. The van der Waals surface area contributed by atoms with Crippen LogP contribution in [0.15, 0.2) is 18.3 Å². The second-order valence-electron chi connectivity index (χ2n) is 1.77. The minimum atomic E-state index is -1.54. The van der Waals surface area contributed by atoms with E-state index in [-0.39, 0.29) is 5.59 Å². The third-order valence-corrected chi connectivity index (χ3v) is 1.24. The van der Waals surface area contributed by atoms with E-state index < -0.39 is 7.12 Å². The van der Waals surface area contributed by atoms with Gasteiger partial charge in [0.05, 0.1) is 5.59 Å². The van der Waals surface area contributed by atoms with Crippen molar-refractivity contribution in [2.45, 2.75) is 0 Å². The average molecular weight is 157 g/mol. The fraction of sp³-hybridized carbons (Fsp3) is 0. The number of aromatic nitrogens is 1. The monoisotopic (exact) mass is 157 g/mol. The molecule has 0 saturated carbocycles. The fourth-order valence-electron chi connectivity index (χ4n) is 0.562. The summed E-state index contributed by atoms with van der Waals surface area (Å²) < 4.78 is 0. The van der Waals surface area contributed by atoms with Crippen LogP contribution in [-0.4, -0.2) is 22.2 Å². The molecule has 0 fully saturated rings. The van der Waals surface area contributed by atoms with Gasteiger partial charge in [-0.1, -0.05) is 11.6 Å². The Balaban J connectivity index is 2.96. The molecule has 3 nitrogen and oxygen atoms in total. The van der Waals surface area contributed by atoms with E-state index >= 15 is 0 Å². The summed E-state index contributed by atoms with van der Waals surface area (Å²) in [6.45, 7) is 0. The summed E-state index contributed by atoms with van der Waals surface area (Å²) in [6, 6.07) is 2.96. The van der Waals surface area contributed by atoms with Crippen LogP contribution in [0.3, 0.4) is 0 Å². The summed E-state index contributed by atoms with van der Waals surface area (Å²) in [6.07, 6.45) is 1.41. The Labute approximate surface area is 63.4 Å². The van der Waals surface area contributed by atoms with Crippen LogP contribution >= 0.6 is 11.6 Å². The Morgan fingerprint density at radius 3 is 2.60 bits per heavy atom. The summed E-state index contributed by atoms with van der Waals surface area (Å²) >= 11 is 5.53. The van der Waals surface area contributed by atoms with E-state index in [2.05, 4.69) is 4.98 Å². The molecule has 1 rings (SSSR count). The SMILES string of the molecule is OB(O)c1cc(Cl)ccn1. The number of hydrogen-bond acceptors (Lipinski definition) is 3. The van der Waals surface area contributed by atoms with Gasteiger partial charge in [-0.15, -0.1) is 0 Å². The minimum absolute atomic E-state index is 0.160. The Morgan fingerprint density at radius 2 is 2.20 bits per heavy atom. The van der Waals surface area contributed by atoms with Crippen molar-refractivity contribution in [1.29, 1.82) is 0 Å². The standard InChI is InChI=1S/C5H5BClNO2/c7-4-1-2-8-5(3-4)6(9)10/h1-3,9-10H. The van der Waals surface area contributed by atoms with Gasteiger partial charge in [0, 0.05) is 11.2 Å². The first kappa shape index (κ1) is 7.53. The molecule has 2 N–H and O–H groups in total. The number of pyridine rings is 1. The van der Waals surface area contributed by atoms with Crippen molar-refractivity contribution in [2.75, 3.05) is 0 Å². The zero-order valence-electron chi connectivity index (χ0n) is 5.03. The summed E-state index contributed by atoms with van der Waals surface area (Å²) in [5.41, 5.74) is 0.160. The van der Waals surface area contributed by atoms with Crippen molar-refractivity contribution in [1.82, 2.24) is 4.98 Å². The fourth-order valence-corrected chi connectivity index (χ4v) is 0.731. The van der Waals surface area contributed by atoms with Gasteiger partial charge in [0.2, 0.25) is 0 Å². The molecule has 0 aliphatic rings. The van der Waals surface area contributed by atoms with Gasteiger partial charge in [-0.25, -0.2) is 0 Å². The van der Waals surface area contributed by atoms with Crippen molar-refractivity contribution < 1.29 is 10.0 Å². The molecule has 10 heavy (non-hydrogen) atoms. The lowest BCUT2D eigenvalue weighted by molar-refractivity contribution is 0.424. The molecule has 52 valence electrons. The van der Waals surface area contributed by atoms with Crippen LogP contribution in [0, 0.1) is 0 Å². The third-order valence-electron chi connectivity index (χ3n) is 1.01. The van der Waals surface area contributed by atoms with E-state index in [1.807, 2.05) is 0 Å². The van der Waals surface area contributed by atoms with Gasteiger partial charge < -0.3 is 10.0 Å². The molecule has 0 aliphatic heterocycles. The number of rotatable bonds is 1. The van der Waals surface area contributed by atoms with Crippen molar-refractivity contribution in [3.05, 3.63) is 23.4 Å². The third kappa shape index (κ3) is 1.70. The van der Waals surface area contributed by atoms with Crippen molar-refractivity contribution >= 4 is 24.3 Å². The van der Waals surface area contributed by atoms with Gasteiger partial charge >= 0.3 is 7.12 Å². The zero-order chi connectivity index (χ0) is 7.56. The maximum atomic E-state index is 8.58. The van der Waals surface area contributed by atoms with E-state index in [1.54, 1.807) is 6.07 Å². The van der Waals surface area contributed by atoms with Gasteiger partial charge in [0.15, 0.2) is 0 Å². The molecule has 0 spiro atoms. The first-order valence-corrected chi connectivity index (χ1v) is 3.05. The van der Waals surface area contributed by atoms with Gasteiger partial charge in [-0.2, -0.15) is 0 Å². The topological polar surface area (TPSA) is 53.4 Å². The molecule has 0 aromatic carbocycles. The summed E-state index contributed by atoms with van der Waals surface area (Å²) in [7, 11) is -1.54. The Hall–Kier alpha value is -0.575. The van der Waals surface area contributed by atoms with Crippen LogP contribution in [0.4, 0.5) is 0 Å². The number of hydrogen-bond donors (Lipinski definition) is 2. The molecule has 0 saturated heterocycles. The van der Waals surface area contributed by atoms with Crippen LogP contribution in [0.25, 0.3) is 0 Å². The molecule has 1 aromatic rings. The van der Waals surface area contributed by atoms with Crippen LogP contribution in [0.5, 0.6) is 0 Å². The highest BCUT2D eigenvalue weighted by Gasteiger charge is 2.11. The first-order chi connectivity index (χ1) is 4.70. The number of halogens is 1. The van der Waals surface area contributed by atoms with E-state index in [0.29, 0.717) is 5.02 Å². The van der Waals surface area contributed by atoms with Crippen molar-refractivity contribution in [3.63, 3.8) is 0 Å². The predicted octanol–water partition coefficient (Wildman–Crippen LogP) is -0.585. The maximum absolute atomic E-state index is 8.58. The highest BCUT2D eigenvalue weighted by atomic mass is 35.5. The molecule has 0 radical (unpaired) electrons. The predicted molar refractivity (Wildman–Crippen MR) is 39.1 cm³/mol. The Morgan fingerprint density at radius 1 is 1.50 bits per heavy atom. The average Bonchev–Trinajstić information content (AvgIpc) is 1.88. The van der Waals surface area contributed by atoms with E-state index in [9.17, 15) is 0 Å². The molecule has 0 unspecified atom stereocenters. The minimum Gasteiger partial charge on any atom is -0.422 e. The molecular weight excluding hydrogens is 152 g/mol. The van der Waals surface area contributed by atoms with Gasteiger partial charge in [-0.3, -0.25) is 4.98 Å². The Kier molecular flexibility index (Phi) is 2.27. The van der Waals surface area contributed by atoms with Crippen molar-refractivity contribution in [3.8, 4) is 0 Å². The molecule has 1 aromatic heterocycles. The second-order valence-corrected chi connectivity index (χ2v) is 2.21. The first-order valence-electron chi connectivity index (χ1n) is 2.68. The van der Waals surface area contributed by atoms with Crippen LogP contribution < -0.4 is 5.59 Å². The molecular formula is C5H5BClNO2. The molecule has 0 aliphatic carbocycles. The normalized spacial score (nSPS) is 9.50. The number of nitrogens with zero attached hydrogens (tertiary/aromatic N) is 1. The summed E-state index contributed by atoms with van der Waals surface area (Å²) in [4.78, 5) is 3.65. The lowest BCUT2D eigenvalue weighted by Gasteiger charge is -1.96. The van der Waals surface area contributed by atoms with E-state index in [1.165, 1.54) is 12.3 Å². The highest BCUT2D eigenvalue weighted by molar-refractivity contribution is 6.57.